The molecule has 0 fully saturated rings. The van der Waals surface area contributed by atoms with Gasteiger partial charge in [0.15, 0.2) is 0 Å². The molecule has 9 heteroatoms. The first-order chi connectivity index (χ1) is 14.4. The average molecular weight is 425 g/mol. The van der Waals surface area contributed by atoms with Gasteiger partial charge in [0.05, 0.1) is 11.4 Å². The van der Waals surface area contributed by atoms with E-state index in [1.165, 1.54) is 9.36 Å². The van der Waals surface area contributed by atoms with Gasteiger partial charge in [-0.1, -0.05) is 37.6 Å². The van der Waals surface area contributed by atoms with Gasteiger partial charge in [-0.15, -0.1) is 5.10 Å². The van der Waals surface area contributed by atoms with Crippen LogP contribution >= 0.6 is 11.6 Å². The molecule has 0 saturated heterocycles. The Bertz CT molecular complexity index is 1220. The van der Waals surface area contributed by atoms with Crippen molar-refractivity contribution < 1.29 is 4.74 Å². The predicted molar refractivity (Wildman–Crippen MR) is 114 cm³/mol. The first kappa shape index (κ1) is 19.9. The topological polar surface area (TPSA) is 79.8 Å². The molecule has 0 aliphatic heterocycles. The Balaban J connectivity index is 1.64. The van der Waals surface area contributed by atoms with Gasteiger partial charge in [0.25, 0.3) is 0 Å². The summed E-state index contributed by atoms with van der Waals surface area (Å²) in [7, 11) is 1.57. The average Bonchev–Trinajstić information content (AvgIpc) is 3.34. The van der Waals surface area contributed by atoms with Crippen molar-refractivity contribution in [1.29, 1.82) is 0 Å². The smallest absolute Gasteiger partial charge is 0.368 e. The molecule has 0 radical (unpaired) electrons. The molecule has 0 atom stereocenters. The minimum Gasteiger partial charge on any atom is -0.472 e. The Labute approximate surface area is 178 Å². The molecule has 8 nitrogen and oxygen atoms in total. The fourth-order valence-electron chi connectivity index (χ4n) is 3.22. The molecule has 0 spiro atoms. The summed E-state index contributed by atoms with van der Waals surface area (Å²) in [6, 6.07) is 14.9. The summed E-state index contributed by atoms with van der Waals surface area (Å²) in [5, 5.41) is 12.9. The minimum absolute atomic E-state index is 0.238. The molecule has 0 N–H and O–H groups in total. The van der Waals surface area contributed by atoms with Crippen molar-refractivity contribution in [3.63, 3.8) is 0 Å². The Hall–Kier alpha value is -3.39. The number of tetrazole rings is 1. The van der Waals surface area contributed by atoms with Crippen LogP contribution in [0.2, 0.25) is 5.02 Å². The second kappa shape index (κ2) is 8.16. The lowest BCUT2D eigenvalue weighted by atomic mass is 9.96. The predicted octanol–water partition coefficient (Wildman–Crippen LogP) is 3.51. The van der Waals surface area contributed by atoms with Crippen LogP contribution < -0.4 is 10.4 Å². The highest BCUT2D eigenvalue weighted by Crippen LogP contribution is 2.26. The van der Waals surface area contributed by atoms with Crippen molar-refractivity contribution in [3.05, 3.63) is 81.4 Å². The summed E-state index contributed by atoms with van der Waals surface area (Å²) in [4.78, 5) is 12.4. The van der Waals surface area contributed by atoms with E-state index in [4.69, 9.17) is 16.3 Å². The van der Waals surface area contributed by atoms with Gasteiger partial charge >= 0.3 is 5.69 Å². The second-order valence-corrected chi connectivity index (χ2v) is 7.60. The highest BCUT2D eigenvalue weighted by Gasteiger charge is 2.17. The summed E-state index contributed by atoms with van der Waals surface area (Å²) in [6.45, 7) is 4.43. The van der Waals surface area contributed by atoms with E-state index in [0.717, 1.165) is 16.8 Å². The SMILES string of the molecule is CC(C)c1cccc(-n2nnn(C)c2=O)c1COc1ccn(-c2ccc(Cl)cc2)n1. The molecule has 0 amide bonds. The van der Waals surface area contributed by atoms with E-state index in [2.05, 4.69) is 29.4 Å². The number of halogens is 1. The fourth-order valence-corrected chi connectivity index (χ4v) is 3.35. The maximum atomic E-state index is 12.4. The normalized spacial score (nSPS) is 11.2. The lowest BCUT2D eigenvalue weighted by Crippen LogP contribution is -2.23. The highest BCUT2D eigenvalue weighted by atomic mass is 35.5. The van der Waals surface area contributed by atoms with E-state index in [-0.39, 0.29) is 18.2 Å². The van der Waals surface area contributed by atoms with E-state index in [1.807, 2.05) is 48.7 Å². The monoisotopic (exact) mass is 424 g/mol. The van der Waals surface area contributed by atoms with Gasteiger partial charge < -0.3 is 4.74 Å². The minimum atomic E-state index is -0.316. The molecule has 0 bridgehead atoms. The summed E-state index contributed by atoms with van der Waals surface area (Å²) in [5.74, 6) is 0.712. The molecule has 4 rings (SSSR count). The summed E-state index contributed by atoms with van der Waals surface area (Å²) in [6.07, 6.45) is 1.82. The number of rotatable bonds is 6. The number of benzene rings is 2. The van der Waals surface area contributed by atoms with Crippen LogP contribution in [0.4, 0.5) is 0 Å². The largest absolute Gasteiger partial charge is 0.472 e. The van der Waals surface area contributed by atoms with E-state index in [1.54, 1.807) is 17.8 Å². The second-order valence-electron chi connectivity index (χ2n) is 7.16. The molecular formula is C21H21ClN6O2. The Morgan fingerprint density at radius 3 is 2.50 bits per heavy atom. The molecule has 0 aliphatic carbocycles. The summed E-state index contributed by atoms with van der Waals surface area (Å²) in [5.41, 5.74) is 3.16. The number of nitrogens with zero attached hydrogens (tertiary/aromatic N) is 6. The van der Waals surface area contributed by atoms with E-state index in [9.17, 15) is 4.79 Å². The molecule has 2 aromatic carbocycles. The quantitative estimate of drug-likeness (QED) is 0.473. The molecule has 0 unspecified atom stereocenters. The van der Waals surface area contributed by atoms with Gasteiger partial charge in [-0.05, 0) is 52.2 Å². The maximum Gasteiger partial charge on any atom is 0.368 e. The molecule has 154 valence electrons. The summed E-state index contributed by atoms with van der Waals surface area (Å²) >= 11 is 5.95. The van der Waals surface area contributed by atoms with Crippen molar-refractivity contribution in [1.82, 2.24) is 29.6 Å². The Morgan fingerprint density at radius 2 is 1.83 bits per heavy atom. The molecule has 30 heavy (non-hydrogen) atoms. The molecule has 4 aromatic rings. The van der Waals surface area contributed by atoms with Gasteiger partial charge in [0.2, 0.25) is 5.88 Å². The third-order valence-corrected chi connectivity index (χ3v) is 5.03. The van der Waals surface area contributed by atoms with Gasteiger partial charge in [0, 0.05) is 29.9 Å². The molecule has 2 aromatic heterocycles. The third kappa shape index (κ3) is 3.86. The van der Waals surface area contributed by atoms with Crippen molar-refractivity contribution in [2.45, 2.75) is 26.4 Å². The molecule has 2 heterocycles. The lowest BCUT2D eigenvalue weighted by molar-refractivity contribution is 0.289. The zero-order chi connectivity index (χ0) is 21.3. The van der Waals surface area contributed by atoms with Crippen molar-refractivity contribution in [2.24, 2.45) is 7.05 Å². The zero-order valence-electron chi connectivity index (χ0n) is 16.9. The van der Waals surface area contributed by atoms with Crippen LogP contribution in [-0.4, -0.2) is 29.6 Å². The third-order valence-electron chi connectivity index (χ3n) is 4.78. The number of aromatic nitrogens is 6. The van der Waals surface area contributed by atoms with Crippen molar-refractivity contribution >= 4 is 11.6 Å². The van der Waals surface area contributed by atoms with E-state index in [0.29, 0.717) is 16.6 Å². The van der Waals surface area contributed by atoms with Crippen LogP contribution in [0.5, 0.6) is 5.88 Å². The first-order valence-electron chi connectivity index (χ1n) is 9.49. The van der Waals surface area contributed by atoms with Crippen molar-refractivity contribution in [3.8, 4) is 17.3 Å². The standard InChI is InChI=1S/C21H21ClN6O2/c1-14(2)17-5-4-6-19(28-21(29)26(3)24-25-28)18(17)13-30-20-11-12-27(23-20)16-9-7-15(22)8-10-16/h4-12,14H,13H2,1-3H3. The Morgan fingerprint density at radius 1 is 1.07 bits per heavy atom. The van der Waals surface area contributed by atoms with E-state index < -0.39 is 0 Å². The van der Waals surface area contributed by atoms with Crippen LogP contribution in [0.15, 0.2) is 59.5 Å². The van der Waals surface area contributed by atoms with Crippen molar-refractivity contribution in [2.75, 3.05) is 0 Å². The summed E-state index contributed by atoms with van der Waals surface area (Å²) < 4.78 is 10.2. The number of ether oxygens (including phenoxy) is 1. The van der Waals surface area contributed by atoms with Gasteiger partial charge in [-0.2, -0.15) is 9.36 Å². The Kier molecular flexibility index (Phi) is 5.41. The zero-order valence-corrected chi connectivity index (χ0v) is 17.6. The van der Waals surface area contributed by atoms with E-state index >= 15 is 0 Å². The molecule has 0 saturated carbocycles. The van der Waals surface area contributed by atoms with Gasteiger partial charge in [-0.25, -0.2) is 9.48 Å². The van der Waals surface area contributed by atoms with Crippen LogP contribution in [0.1, 0.15) is 30.9 Å². The first-order valence-corrected chi connectivity index (χ1v) is 9.87. The fraction of sp³-hybridized carbons (Fsp3) is 0.238. The van der Waals surface area contributed by atoms with Crippen LogP contribution in [0, 0.1) is 0 Å². The molecule has 0 aliphatic rings. The lowest BCUT2D eigenvalue weighted by Gasteiger charge is -2.16. The van der Waals surface area contributed by atoms with Crippen LogP contribution in [0.3, 0.4) is 0 Å². The molecular weight excluding hydrogens is 404 g/mol. The number of hydrogen-bond acceptors (Lipinski definition) is 5. The number of hydrogen-bond donors (Lipinski definition) is 0. The number of aryl methyl sites for hydroxylation is 1. The highest BCUT2D eigenvalue weighted by molar-refractivity contribution is 6.30. The van der Waals surface area contributed by atoms with Crippen LogP contribution in [-0.2, 0) is 13.7 Å². The van der Waals surface area contributed by atoms with Gasteiger partial charge in [0.1, 0.15) is 6.61 Å². The van der Waals surface area contributed by atoms with Crippen LogP contribution in [0.25, 0.3) is 11.4 Å². The van der Waals surface area contributed by atoms with Gasteiger partial charge in [-0.3, -0.25) is 0 Å². The maximum absolute atomic E-state index is 12.4.